The highest BCUT2D eigenvalue weighted by atomic mass is 32.3. The molecule has 1 aliphatic rings. The standard InChI is InChI=1S/C37H63N3O6S/c1-8-13-21-37(22-14-9-2)36(41)35(33-29-31(39(6)7)17-20-34(33)47(42,43)38-37)30-15-18-32(19-16-30)46-28-27-45-26-25-44-24-23-40(10-3,11-4)12-5/h15-20,29,35-36,38,41H,8-14,21-28H2,1-7H3,(H-,42,43)/p+1/t35-,36-/m1/s1. The molecule has 0 saturated heterocycles. The van der Waals surface area contributed by atoms with E-state index in [1.54, 1.807) is 6.07 Å². The summed E-state index contributed by atoms with van der Waals surface area (Å²) in [4.78, 5) is 2.44. The van der Waals surface area contributed by atoms with Crippen LogP contribution < -0.4 is 14.4 Å². The first kappa shape index (κ1) is 39.5. The lowest BCUT2D eigenvalue weighted by molar-refractivity contribution is -0.923. The van der Waals surface area contributed by atoms with Gasteiger partial charge in [-0.3, -0.25) is 9.11 Å². The maximum Gasteiger partial charge on any atom is 0.119 e. The lowest BCUT2D eigenvalue weighted by atomic mass is 9.73. The van der Waals surface area contributed by atoms with Gasteiger partial charge in [-0.15, -0.1) is 10.8 Å². The topological polar surface area (TPSA) is 104 Å². The normalized spacial score (nSPS) is 19.5. The van der Waals surface area contributed by atoms with Crippen LogP contribution in [0.4, 0.5) is 5.69 Å². The van der Waals surface area contributed by atoms with E-state index in [0.29, 0.717) is 44.2 Å². The fourth-order valence-corrected chi connectivity index (χ4v) is 8.56. The van der Waals surface area contributed by atoms with E-state index in [2.05, 4.69) is 39.3 Å². The number of ether oxygens (including phenoxy) is 3. The second kappa shape index (κ2) is 18.8. The molecule has 4 N–H and O–H groups in total. The Morgan fingerprint density at radius 2 is 1.38 bits per heavy atom. The zero-order valence-electron chi connectivity index (χ0n) is 30.2. The fraction of sp³-hybridized carbons (Fsp3) is 0.676. The summed E-state index contributed by atoms with van der Waals surface area (Å²) in [5, 5.41) is 12.4. The van der Waals surface area contributed by atoms with Gasteiger partial charge < -0.3 is 28.7 Å². The highest BCUT2D eigenvalue weighted by Crippen LogP contribution is 2.57. The predicted octanol–water partition coefficient (Wildman–Crippen LogP) is 7.28. The Morgan fingerprint density at radius 3 is 1.94 bits per heavy atom. The number of likely N-dealkylation sites (N-methyl/N-ethyl adjacent to an activating group) is 1. The van der Waals surface area contributed by atoms with Crippen LogP contribution in [-0.4, -0.2) is 104 Å². The number of anilines is 1. The lowest BCUT2D eigenvalue weighted by Gasteiger charge is -2.45. The molecule has 0 aromatic heterocycles. The number of hydrogen-bond donors (Lipinski definition) is 4. The number of benzene rings is 2. The zero-order valence-corrected chi connectivity index (χ0v) is 31.0. The molecule has 2 atom stereocenters. The molecule has 2 aromatic carbocycles. The Kier molecular flexibility index (Phi) is 15.8. The monoisotopic (exact) mass is 678 g/mol. The number of aliphatic hydroxyl groups excluding tert-OH is 1. The van der Waals surface area contributed by atoms with Crippen molar-refractivity contribution in [2.75, 3.05) is 78.2 Å². The number of nitrogens with one attached hydrogen (secondary N) is 1. The quantitative estimate of drug-likeness (QED) is 0.0807. The van der Waals surface area contributed by atoms with Crippen LogP contribution in [0.3, 0.4) is 0 Å². The molecule has 10 heteroatoms. The Hall–Kier alpha value is -1.89. The van der Waals surface area contributed by atoms with Crippen LogP contribution in [0, 0.1) is 0 Å². The van der Waals surface area contributed by atoms with Gasteiger partial charge in [0.05, 0.1) is 62.6 Å². The van der Waals surface area contributed by atoms with Crippen molar-refractivity contribution < 1.29 is 32.9 Å². The molecule has 3 rings (SSSR count). The Bertz CT molecular complexity index is 1170. The largest absolute Gasteiger partial charge is 0.491 e. The van der Waals surface area contributed by atoms with E-state index in [-0.39, 0.29) is 0 Å². The van der Waals surface area contributed by atoms with Gasteiger partial charge >= 0.3 is 0 Å². The summed E-state index contributed by atoms with van der Waals surface area (Å²) in [6.07, 6.45) is 4.04. The van der Waals surface area contributed by atoms with Gasteiger partial charge in [0, 0.05) is 25.7 Å². The fourth-order valence-electron chi connectivity index (χ4n) is 6.79. The first-order valence-electron chi connectivity index (χ1n) is 17.8. The van der Waals surface area contributed by atoms with Gasteiger partial charge in [-0.05, 0) is 75.1 Å². The molecular formula is C37H64N3O6S+. The summed E-state index contributed by atoms with van der Waals surface area (Å²) in [7, 11) is 0.544. The third-order valence-electron chi connectivity index (χ3n) is 10.2. The molecule has 0 radical (unpaired) electrons. The van der Waals surface area contributed by atoms with Crippen molar-refractivity contribution in [1.29, 1.82) is 0 Å². The van der Waals surface area contributed by atoms with Crippen molar-refractivity contribution >= 4 is 16.5 Å². The van der Waals surface area contributed by atoms with E-state index in [0.717, 1.165) is 85.5 Å². The molecule has 0 spiro atoms. The summed E-state index contributed by atoms with van der Waals surface area (Å²) in [5.74, 6) is 0.255. The molecule has 1 heterocycles. The summed E-state index contributed by atoms with van der Waals surface area (Å²) in [6, 6.07) is 13.5. The number of quaternary nitrogens is 1. The van der Waals surface area contributed by atoms with Crippen molar-refractivity contribution in [2.45, 2.75) is 95.6 Å². The van der Waals surface area contributed by atoms with Crippen molar-refractivity contribution in [2.24, 2.45) is 0 Å². The summed E-state index contributed by atoms with van der Waals surface area (Å²) in [5.41, 5.74) is 1.72. The van der Waals surface area contributed by atoms with E-state index in [1.807, 2.05) is 55.4 Å². The molecule has 0 saturated carbocycles. The number of fused-ring (bicyclic) bond motifs is 1. The molecule has 0 bridgehead atoms. The Morgan fingerprint density at radius 1 is 0.809 bits per heavy atom. The number of aliphatic hydroxyl groups is 1. The van der Waals surface area contributed by atoms with Crippen LogP contribution >= 0.6 is 10.8 Å². The molecule has 0 aliphatic carbocycles. The first-order chi connectivity index (χ1) is 22.5. The third kappa shape index (κ3) is 10.3. The van der Waals surface area contributed by atoms with E-state index in [1.165, 1.54) is 0 Å². The van der Waals surface area contributed by atoms with Crippen LogP contribution in [0.15, 0.2) is 47.4 Å². The van der Waals surface area contributed by atoms with Gasteiger partial charge in [0.25, 0.3) is 0 Å². The molecule has 2 aromatic rings. The molecular weight excluding hydrogens is 614 g/mol. The summed E-state index contributed by atoms with van der Waals surface area (Å²) in [6.45, 7) is 18.1. The zero-order chi connectivity index (χ0) is 34.5. The Labute approximate surface area is 286 Å². The number of unbranched alkanes of at least 4 members (excludes halogenated alkanes) is 2. The summed E-state index contributed by atoms with van der Waals surface area (Å²) >= 11 is 0. The van der Waals surface area contributed by atoms with Gasteiger partial charge in [0.2, 0.25) is 0 Å². The van der Waals surface area contributed by atoms with E-state index < -0.39 is 28.3 Å². The second-order valence-electron chi connectivity index (χ2n) is 13.2. The minimum atomic E-state index is -3.38. The average molecular weight is 679 g/mol. The molecule has 47 heavy (non-hydrogen) atoms. The average Bonchev–Trinajstić information content (AvgIpc) is 3.14. The van der Waals surface area contributed by atoms with Gasteiger partial charge in [0.1, 0.15) is 18.9 Å². The molecule has 1 aliphatic heterocycles. The van der Waals surface area contributed by atoms with E-state index in [9.17, 15) is 14.2 Å². The van der Waals surface area contributed by atoms with Crippen molar-refractivity contribution in [3.05, 3.63) is 53.6 Å². The number of hydrogen-bond acceptors (Lipinski definition) is 8. The van der Waals surface area contributed by atoms with Crippen LogP contribution in [0.2, 0.25) is 0 Å². The maximum atomic E-state index is 12.4. The minimum absolute atomic E-state index is 0.421. The van der Waals surface area contributed by atoms with Crippen LogP contribution in [-0.2, 0) is 9.47 Å². The number of rotatable bonds is 21. The van der Waals surface area contributed by atoms with E-state index in [4.69, 9.17) is 14.2 Å². The van der Waals surface area contributed by atoms with Crippen molar-refractivity contribution in [1.82, 2.24) is 4.72 Å². The number of nitrogens with zero attached hydrogens (tertiary/aromatic N) is 2. The smallest absolute Gasteiger partial charge is 0.119 e. The highest BCUT2D eigenvalue weighted by molar-refractivity contribution is 8.22. The van der Waals surface area contributed by atoms with Crippen LogP contribution in [0.5, 0.6) is 5.75 Å². The SMILES string of the molecule is CCCCC1(CCCC)NS(O)(O)c2ccc(N(C)C)cc2[C@@H](c2ccc(OCCOCCOCC[N+](CC)(CC)CC)cc2)[C@H]1O. The lowest BCUT2D eigenvalue weighted by Crippen LogP contribution is -2.55. The highest BCUT2D eigenvalue weighted by Gasteiger charge is 2.49. The van der Waals surface area contributed by atoms with Crippen LogP contribution in [0.25, 0.3) is 0 Å². The van der Waals surface area contributed by atoms with Crippen molar-refractivity contribution in [3.63, 3.8) is 0 Å². The predicted molar refractivity (Wildman–Crippen MR) is 195 cm³/mol. The van der Waals surface area contributed by atoms with Gasteiger partial charge in [-0.1, -0.05) is 51.7 Å². The van der Waals surface area contributed by atoms with Crippen LogP contribution in [0.1, 0.15) is 90.2 Å². The van der Waals surface area contributed by atoms with Gasteiger partial charge in [0.15, 0.2) is 0 Å². The molecule has 268 valence electrons. The van der Waals surface area contributed by atoms with Crippen molar-refractivity contribution in [3.8, 4) is 5.75 Å². The van der Waals surface area contributed by atoms with Gasteiger partial charge in [-0.25, -0.2) is 4.72 Å². The molecule has 9 nitrogen and oxygen atoms in total. The van der Waals surface area contributed by atoms with E-state index >= 15 is 0 Å². The molecule has 0 unspecified atom stereocenters. The Balaban J connectivity index is 1.72. The molecule has 0 amide bonds. The third-order valence-corrected chi connectivity index (χ3v) is 11.8. The second-order valence-corrected chi connectivity index (χ2v) is 15.0. The summed E-state index contributed by atoms with van der Waals surface area (Å²) < 4.78 is 45.1. The molecule has 0 fully saturated rings. The van der Waals surface area contributed by atoms with Gasteiger partial charge in [-0.2, -0.15) is 0 Å². The maximum absolute atomic E-state index is 12.4. The first-order valence-corrected chi connectivity index (χ1v) is 19.4. The minimum Gasteiger partial charge on any atom is -0.491 e.